The lowest BCUT2D eigenvalue weighted by molar-refractivity contribution is -0.148. The Bertz CT molecular complexity index is 560. The third-order valence-electron chi connectivity index (χ3n) is 5.37. The highest BCUT2D eigenvalue weighted by molar-refractivity contribution is 7.17. The van der Waals surface area contributed by atoms with Gasteiger partial charge in [0.2, 0.25) is 0 Å². The van der Waals surface area contributed by atoms with E-state index in [4.69, 9.17) is 14.0 Å². The average Bonchev–Trinajstić information content (AvgIpc) is 3.11. The molecule has 6 nitrogen and oxygen atoms in total. The molecule has 0 radical (unpaired) electrons. The molecule has 2 unspecified atom stereocenters. The minimum Gasteiger partial charge on any atom is -0.467 e. The van der Waals surface area contributed by atoms with Gasteiger partial charge in [-0.05, 0) is 58.3 Å². The topological polar surface area (TPSA) is 71.1 Å². The molecule has 1 aliphatic heterocycles. The van der Waals surface area contributed by atoms with Gasteiger partial charge in [-0.3, -0.25) is 4.52 Å². The summed E-state index contributed by atoms with van der Waals surface area (Å²) in [6.45, 7) is 6.49. The quantitative estimate of drug-likeness (QED) is 0.199. The van der Waals surface area contributed by atoms with Gasteiger partial charge in [0.05, 0.1) is 13.2 Å². The molecule has 1 fully saturated rings. The van der Waals surface area contributed by atoms with Crippen LogP contribution < -0.4 is 0 Å². The molecule has 7 heteroatoms. The van der Waals surface area contributed by atoms with Crippen molar-refractivity contribution in [1.29, 1.82) is 0 Å². The molecule has 0 saturated carbocycles. The van der Waals surface area contributed by atoms with Gasteiger partial charge in [-0.2, -0.15) is 0 Å². The van der Waals surface area contributed by atoms with Crippen LogP contribution in [0.15, 0.2) is 23.3 Å². The average molecular weight is 429 g/mol. The number of methoxy groups -OCH3 is 2. The first-order valence-corrected chi connectivity index (χ1v) is 11.3. The van der Waals surface area contributed by atoms with Crippen molar-refractivity contribution in [2.45, 2.75) is 90.6 Å². The largest absolute Gasteiger partial charge is 0.467 e. The van der Waals surface area contributed by atoms with E-state index in [-0.39, 0.29) is 12.4 Å². The number of rotatable bonds is 14. The van der Waals surface area contributed by atoms with Gasteiger partial charge >= 0.3 is 14.7 Å². The Morgan fingerprint density at radius 1 is 1.24 bits per heavy atom. The first-order chi connectivity index (χ1) is 13.9. The number of esters is 1. The number of carbonyl (C=O) groups is 1. The maximum atomic E-state index is 11.6. The van der Waals surface area contributed by atoms with E-state index in [1.807, 2.05) is 0 Å². The number of carbonyl (C=O) groups excluding carboxylic acids is 1. The molecule has 0 amide bonds. The van der Waals surface area contributed by atoms with E-state index in [9.17, 15) is 9.36 Å². The molecule has 166 valence electrons. The summed E-state index contributed by atoms with van der Waals surface area (Å²) in [5.74, 6) is -0.0634. The summed E-state index contributed by atoms with van der Waals surface area (Å²) >= 11 is 0. The van der Waals surface area contributed by atoms with Gasteiger partial charge in [0.25, 0.3) is 0 Å². The lowest BCUT2D eigenvalue weighted by atomic mass is 9.91. The van der Waals surface area contributed by atoms with Crippen LogP contribution in [0.2, 0.25) is 0 Å². The molecular formula is C22H37O6P. The number of ether oxygens (including phenoxy) is 3. The van der Waals surface area contributed by atoms with Gasteiger partial charge in [0.1, 0.15) is 0 Å². The molecule has 0 aromatic carbocycles. The first kappa shape index (κ1) is 26.0. The molecule has 1 heterocycles. The Morgan fingerprint density at radius 3 is 2.62 bits per heavy atom. The van der Waals surface area contributed by atoms with Gasteiger partial charge in [-0.1, -0.05) is 36.6 Å². The van der Waals surface area contributed by atoms with E-state index in [0.29, 0.717) is 18.8 Å². The highest BCUT2D eigenvalue weighted by Gasteiger charge is 2.33. The van der Waals surface area contributed by atoms with E-state index < -0.39 is 20.8 Å². The summed E-state index contributed by atoms with van der Waals surface area (Å²) in [6, 6.07) is 0. The van der Waals surface area contributed by atoms with Crippen LogP contribution in [-0.4, -0.2) is 38.7 Å². The van der Waals surface area contributed by atoms with Crippen molar-refractivity contribution >= 4 is 14.7 Å². The second-order valence-corrected chi connectivity index (χ2v) is 8.10. The molecule has 4 atom stereocenters. The van der Waals surface area contributed by atoms with Gasteiger partial charge in [-0.15, -0.1) is 0 Å². The molecule has 0 bridgehead atoms. The van der Waals surface area contributed by atoms with Crippen LogP contribution in [-0.2, 0) is 28.1 Å². The molecule has 1 aliphatic rings. The van der Waals surface area contributed by atoms with Crippen molar-refractivity contribution in [3.8, 4) is 0 Å². The molecule has 0 aromatic rings. The molecule has 0 spiro atoms. The zero-order valence-corrected chi connectivity index (χ0v) is 19.4. The maximum absolute atomic E-state index is 11.6. The Labute approximate surface area is 177 Å². The maximum Gasteiger partial charge on any atom is 0.336 e. The van der Waals surface area contributed by atoms with Crippen LogP contribution >= 0.6 is 8.69 Å². The predicted octanol–water partition coefficient (Wildman–Crippen LogP) is 5.77. The van der Waals surface area contributed by atoms with E-state index >= 15 is 0 Å². The second-order valence-electron chi connectivity index (χ2n) is 7.74. The molecule has 0 aromatic heterocycles. The summed E-state index contributed by atoms with van der Waals surface area (Å²) in [5, 5.41) is 0. The third-order valence-corrected chi connectivity index (χ3v) is 5.71. The summed E-state index contributed by atoms with van der Waals surface area (Å²) in [4.78, 5) is 11.6. The van der Waals surface area contributed by atoms with E-state index in [1.165, 1.54) is 31.1 Å². The molecule has 1 saturated heterocycles. The summed E-state index contributed by atoms with van der Waals surface area (Å²) in [7, 11) is 2.49. The Morgan fingerprint density at radius 2 is 2.00 bits per heavy atom. The normalized spacial score (nSPS) is 24.1. The van der Waals surface area contributed by atoms with E-state index in [0.717, 1.165) is 25.7 Å². The highest BCUT2D eigenvalue weighted by atomic mass is 31.1. The van der Waals surface area contributed by atoms with Crippen LogP contribution in [0.5, 0.6) is 0 Å². The Kier molecular flexibility index (Phi) is 13.3. The van der Waals surface area contributed by atoms with Crippen LogP contribution in [0.1, 0.15) is 72.1 Å². The lowest BCUT2D eigenvalue weighted by Crippen LogP contribution is -2.22. The Balaban J connectivity index is 2.55. The van der Waals surface area contributed by atoms with Crippen molar-refractivity contribution in [2.75, 3.05) is 14.2 Å². The number of hydrogen-bond acceptors (Lipinski definition) is 6. The molecule has 1 rings (SSSR count). The van der Waals surface area contributed by atoms with Gasteiger partial charge in [0.15, 0.2) is 12.4 Å². The fourth-order valence-corrected chi connectivity index (χ4v) is 3.84. The van der Waals surface area contributed by atoms with Crippen LogP contribution in [0.4, 0.5) is 0 Å². The fourth-order valence-electron chi connectivity index (χ4n) is 3.55. The van der Waals surface area contributed by atoms with Crippen molar-refractivity contribution in [3.63, 3.8) is 0 Å². The first-order valence-electron chi connectivity index (χ1n) is 10.5. The fraction of sp³-hybridized carbons (Fsp3) is 0.773. The second kappa shape index (κ2) is 14.8. The summed E-state index contributed by atoms with van der Waals surface area (Å²) in [6.07, 6.45) is 11.1. The van der Waals surface area contributed by atoms with Crippen molar-refractivity contribution in [3.05, 3.63) is 23.3 Å². The highest BCUT2D eigenvalue weighted by Crippen LogP contribution is 2.33. The van der Waals surface area contributed by atoms with Crippen molar-refractivity contribution < 1.29 is 28.1 Å². The van der Waals surface area contributed by atoms with Crippen LogP contribution in [0, 0.1) is 5.92 Å². The van der Waals surface area contributed by atoms with Gasteiger partial charge in [-0.25, -0.2) is 9.36 Å². The van der Waals surface area contributed by atoms with Crippen molar-refractivity contribution in [2.24, 2.45) is 5.92 Å². The van der Waals surface area contributed by atoms with E-state index in [2.05, 4.69) is 37.7 Å². The number of allylic oxidation sites excluding steroid dienone is 3. The van der Waals surface area contributed by atoms with E-state index in [1.54, 1.807) is 7.11 Å². The minimum absolute atomic E-state index is 0.109. The smallest absolute Gasteiger partial charge is 0.336 e. The standard InChI is InChI=1S/C22H37O6P/c1-6-7-9-17(3)14-20-18(15-21(25-4)27-20)13-12-16(2)10-8-11-19(28-29-24)22(23)26-5/h10,14,18-21H,6-9,11-13,15H2,1-5H3/b16-10+,17-14+/t18-,19?,20+,21?/m0/s1. The Hall–Kier alpha value is -1.07. The molecular weight excluding hydrogens is 391 g/mol. The predicted molar refractivity (Wildman–Crippen MR) is 114 cm³/mol. The zero-order chi connectivity index (χ0) is 21.6. The number of unbranched alkanes of at least 4 members (excludes halogenated alkanes) is 1. The zero-order valence-electron chi connectivity index (χ0n) is 18.5. The monoisotopic (exact) mass is 428 g/mol. The van der Waals surface area contributed by atoms with Gasteiger partial charge in [0, 0.05) is 13.5 Å². The van der Waals surface area contributed by atoms with Crippen molar-refractivity contribution in [1.82, 2.24) is 0 Å². The third kappa shape index (κ3) is 9.99. The SMILES string of the molecule is CCCC/C(C)=C/[C@H]1OC(OC)C[C@@H]1CC/C(C)=C/CCC(OP=O)C(=O)OC. The van der Waals surface area contributed by atoms with Crippen LogP contribution in [0.3, 0.4) is 0 Å². The molecule has 0 N–H and O–H groups in total. The minimum atomic E-state index is -0.797. The molecule has 29 heavy (non-hydrogen) atoms. The summed E-state index contributed by atoms with van der Waals surface area (Å²) in [5.41, 5.74) is 2.65. The van der Waals surface area contributed by atoms with Crippen LogP contribution in [0.25, 0.3) is 0 Å². The lowest BCUT2D eigenvalue weighted by Gasteiger charge is -2.16. The van der Waals surface area contributed by atoms with Gasteiger partial charge < -0.3 is 14.2 Å². The number of hydrogen-bond donors (Lipinski definition) is 0. The molecule has 0 aliphatic carbocycles. The summed E-state index contributed by atoms with van der Waals surface area (Å²) < 4.78 is 31.7.